The van der Waals surface area contributed by atoms with Crippen LogP contribution in [0.3, 0.4) is 0 Å². The molecule has 1 aliphatic rings. The second-order valence-corrected chi connectivity index (χ2v) is 2.86. The highest BCUT2D eigenvalue weighted by molar-refractivity contribution is 6.36. The van der Waals surface area contributed by atoms with Crippen LogP contribution in [0.1, 0.15) is 12.1 Å². The van der Waals surface area contributed by atoms with Crippen LogP contribution in [0.5, 0.6) is 0 Å². The van der Waals surface area contributed by atoms with Gasteiger partial charge in [0.25, 0.3) is 5.91 Å². The second-order valence-electron chi connectivity index (χ2n) is 2.86. The number of aldehydes is 1. The molecule has 14 heavy (non-hydrogen) atoms. The third-order valence-electron chi connectivity index (χ3n) is 1.72. The molecule has 0 N–H and O–H groups in total. The van der Waals surface area contributed by atoms with Gasteiger partial charge in [-0.15, -0.1) is 5.01 Å². The Morgan fingerprint density at radius 2 is 2.43 bits per heavy atom. The number of anilines is 1. The van der Waals surface area contributed by atoms with Gasteiger partial charge in [-0.05, 0) is 6.92 Å². The van der Waals surface area contributed by atoms with E-state index in [0.717, 1.165) is 5.01 Å². The summed E-state index contributed by atoms with van der Waals surface area (Å²) in [6, 6.07) is 0.101. The molecular weight excluding hydrogens is 186 g/mol. The molecule has 0 radical (unpaired) electrons. The minimum absolute atomic E-state index is 0.00489. The van der Waals surface area contributed by atoms with Gasteiger partial charge in [0.1, 0.15) is 12.0 Å². The Bertz CT molecular complexity index is 421. The van der Waals surface area contributed by atoms with Crippen molar-refractivity contribution in [2.45, 2.75) is 13.3 Å². The Labute approximate surface area is 79.2 Å². The van der Waals surface area contributed by atoms with Crippen molar-refractivity contribution in [3.63, 3.8) is 0 Å². The normalized spacial score (nSPS) is 15.9. The summed E-state index contributed by atoms with van der Waals surface area (Å²) in [5.74, 6) is -0.311. The average molecular weight is 193 g/mol. The molecule has 0 fully saturated rings. The summed E-state index contributed by atoms with van der Waals surface area (Å²) >= 11 is 0. The Kier molecular flexibility index (Phi) is 1.88. The van der Waals surface area contributed by atoms with Crippen molar-refractivity contribution in [3.05, 3.63) is 12.0 Å². The third-order valence-corrected chi connectivity index (χ3v) is 1.72. The van der Waals surface area contributed by atoms with Crippen molar-refractivity contribution in [1.29, 1.82) is 0 Å². The van der Waals surface area contributed by atoms with E-state index in [-0.39, 0.29) is 24.1 Å². The maximum Gasteiger partial charge on any atom is 0.326 e. The first-order chi connectivity index (χ1) is 6.70. The first-order valence-electron chi connectivity index (χ1n) is 3.98. The van der Waals surface area contributed by atoms with E-state index in [9.17, 15) is 9.59 Å². The van der Waals surface area contributed by atoms with E-state index in [2.05, 4.69) is 10.1 Å². The third kappa shape index (κ3) is 1.30. The van der Waals surface area contributed by atoms with Crippen molar-refractivity contribution >= 4 is 23.9 Å². The molecule has 0 spiro atoms. The number of amides is 1. The molecule has 0 aromatic carbocycles. The minimum atomic E-state index is -0.311. The topological polar surface area (TPSA) is 75.8 Å². The number of hydrazone groups is 1. The van der Waals surface area contributed by atoms with Crippen LogP contribution in [-0.2, 0) is 9.59 Å². The number of oxazole rings is 1. The van der Waals surface area contributed by atoms with E-state index in [1.54, 1.807) is 6.92 Å². The van der Waals surface area contributed by atoms with E-state index >= 15 is 0 Å². The highest BCUT2D eigenvalue weighted by Gasteiger charge is 2.28. The summed E-state index contributed by atoms with van der Waals surface area (Å²) < 4.78 is 4.98. The summed E-state index contributed by atoms with van der Waals surface area (Å²) in [4.78, 5) is 25.6. The van der Waals surface area contributed by atoms with E-state index in [0.29, 0.717) is 12.0 Å². The molecule has 1 aromatic rings. The molecule has 1 aromatic heterocycles. The van der Waals surface area contributed by atoms with Crippen LogP contribution in [0.2, 0.25) is 0 Å². The van der Waals surface area contributed by atoms with E-state index in [1.165, 1.54) is 6.26 Å². The highest BCUT2D eigenvalue weighted by atomic mass is 16.4. The van der Waals surface area contributed by atoms with E-state index in [1.807, 2.05) is 0 Å². The minimum Gasteiger partial charge on any atom is -0.430 e. The number of carbonyl (C=O) groups excluding carboxylic acids is 2. The van der Waals surface area contributed by atoms with Gasteiger partial charge in [-0.1, -0.05) is 0 Å². The lowest BCUT2D eigenvalue weighted by molar-refractivity contribution is -0.117. The van der Waals surface area contributed by atoms with Gasteiger partial charge in [0.15, 0.2) is 6.29 Å². The van der Waals surface area contributed by atoms with Gasteiger partial charge >= 0.3 is 6.01 Å². The Balaban J connectivity index is 2.31. The highest BCUT2D eigenvalue weighted by Crippen LogP contribution is 2.18. The molecule has 0 atom stereocenters. The molecule has 1 aliphatic heterocycles. The second kappa shape index (κ2) is 3.06. The predicted molar refractivity (Wildman–Crippen MR) is 46.8 cm³/mol. The smallest absolute Gasteiger partial charge is 0.326 e. The van der Waals surface area contributed by atoms with Gasteiger partial charge in [0, 0.05) is 0 Å². The monoisotopic (exact) mass is 193 g/mol. The standard InChI is InChI=1S/C8H7N3O3/c1-5-4-14-8(9-5)11-7(13)2-6(3-12)10-11/h3-4H,2H2,1H3. The molecule has 0 saturated carbocycles. The van der Waals surface area contributed by atoms with Gasteiger partial charge in [-0.3, -0.25) is 9.59 Å². The van der Waals surface area contributed by atoms with Gasteiger partial charge in [-0.25, -0.2) is 0 Å². The molecule has 0 unspecified atom stereocenters. The molecule has 2 rings (SSSR count). The number of hydrogen-bond donors (Lipinski definition) is 0. The number of aromatic nitrogens is 1. The molecule has 6 heteroatoms. The lowest BCUT2D eigenvalue weighted by Crippen LogP contribution is -2.19. The summed E-state index contributed by atoms with van der Waals surface area (Å²) in [6.45, 7) is 1.73. The van der Waals surface area contributed by atoms with Crippen LogP contribution in [0.25, 0.3) is 0 Å². The van der Waals surface area contributed by atoms with Crippen LogP contribution in [0, 0.1) is 6.92 Å². The summed E-state index contributed by atoms with van der Waals surface area (Å²) in [5.41, 5.74) is 0.841. The SMILES string of the molecule is Cc1coc(N2N=C(C=O)CC2=O)n1. The fraction of sp³-hybridized carbons (Fsp3) is 0.250. The zero-order valence-corrected chi connectivity index (χ0v) is 7.43. The van der Waals surface area contributed by atoms with Crippen molar-refractivity contribution < 1.29 is 14.0 Å². The molecular formula is C8H7N3O3. The molecule has 6 nitrogen and oxygen atoms in total. The largest absolute Gasteiger partial charge is 0.430 e. The van der Waals surface area contributed by atoms with E-state index < -0.39 is 0 Å². The number of rotatable bonds is 2. The Morgan fingerprint density at radius 1 is 1.64 bits per heavy atom. The van der Waals surface area contributed by atoms with Crippen LogP contribution in [-0.4, -0.2) is 22.9 Å². The molecule has 0 bridgehead atoms. The lowest BCUT2D eigenvalue weighted by Gasteiger charge is -2.03. The van der Waals surface area contributed by atoms with Crippen LogP contribution in [0.4, 0.5) is 6.01 Å². The van der Waals surface area contributed by atoms with E-state index in [4.69, 9.17) is 4.42 Å². The zero-order valence-electron chi connectivity index (χ0n) is 7.43. The maximum atomic E-state index is 11.3. The van der Waals surface area contributed by atoms with Crippen molar-refractivity contribution in [1.82, 2.24) is 4.98 Å². The van der Waals surface area contributed by atoms with Crippen LogP contribution >= 0.6 is 0 Å². The van der Waals surface area contributed by atoms with Gasteiger partial charge in [0.2, 0.25) is 0 Å². The van der Waals surface area contributed by atoms with Crippen molar-refractivity contribution in [2.24, 2.45) is 5.10 Å². The maximum absolute atomic E-state index is 11.3. The first-order valence-corrected chi connectivity index (χ1v) is 3.98. The van der Waals surface area contributed by atoms with Gasteiger partial charge in [0.05, 0.1) is 12.1 Å². The fourth-order valence-corrected chi connectivity index (χ4v) is 1.10. The first kappa shape index (κ1) is 8.61. The Morgan fingerprint density at radius 3 is 2.93 bits per heavy atom. The zero-order chi connectivity index (χ0) is 10.1. The van der Waals surface area contributed by atoms with Crippen molar-refractivity contribution in [3.8, 4) is 0 Å². The molecule has 1 amide bonds. The summed E-state index contributed by atoms with van der Waals surface area (Å²) in [7, 11) is 0. The summed E-state index contributed by atoms with van der Waals surface area (Å²) in [6.07, 6.45) is 1.97. The van der Waals surface area contributed by atoms with Gasteiger partial charge in [-0.2, -0.15) is 10.1 Å². The molecule has 2 heterocycles. The number of carbonyl (C=O) groups is 2. The number of aryl methyl sites for hydroxylation is 1. The lowest BCUT2D eigenvalue weighted by atomic mass is 10.3. The van der Waals surface area contributed by atoms with Crippen LogP contribution < -0.4 is 5.01 Å². The predicted octanol–water partition coefficient (Wildman–Crippen LogP) is 0.275. The van der Waals surface area contributed by atoms with Crippen LogP contribution in [0.15, 0.2) is 15.8 Å². The summed E-state index contributed by atoms with van der Waals surface area (Å²) in [5, 5.41) is 4.74. The average Bonchev–Trinajstić information content (AvgIpc) is 2.71. The molecule has 0 saturated heterocycles. The number of hydrogen-bond acceptors (Lipinski definition) is 5. The fourth-order valence-electron chi connectivity index (χ4n) is 1.10. The molecule has 0 aliphatic carbocycles. The quantitative estimate of drug-likeness (QED) is 0.632. The van der Waals surface area contributed by atoms with Crippen molar-refractivity contribution in [2.75, 3.05) is 5.01 Å². The van der Waals surface area contributed by atoms with Gasteiger partial charge < -0.3 is 4.42 Å². The Hall–Kier alpha value is -1.98. The number of nitrogens with zero attached hydrogens (tertiary/aromatic N) is 3. The molecule has 72 valence electrons.